The van der Waals surface area contributed by atoms with Crippen LogP contribution in [0.15, 0.2) is 12.1 Å². The molecule has 0 saturated carbocycles. The van der Waals surface area contributed by atoms with E-state index in [9.17, 15) is 18.0 Å². The minimum Gasteiger partial charge on any atom is -0.496 e. The van der Waals surface area contributed by atoms with E-state index in [-0.39, 0.29) is 16.3 Å². The Morgan fingerprint density at radius 1 is 1.36 bits per heavy atom. The number of benzene rings is 1. The zero-order valence-corrected chi connectivity index (χ0v) is 15.1. The Morgan fingerprint density at radius 2 is 2.04 bits per heavy atom. The molecule has 25 heavy (non-hydrogen) atoms. The molecular formula is C17H20F3NO3S. The maximum Gasteiger partial charge on any atom is 0.419 e. The van der Waals surface area contributed by atoms with Gasteiger partial charge in [0, 0.05) is 12.1 Å². The molecule has 1 aliphatic rings. The number of methoxy groups -OCH3 is 2. The normalized spacial score (nSPS) is 17.0. The van der Waals surface area contributed by atoms with Crippen molar-refractivity contribution in [2.45, 2.75) is 38.4 Å². The maximum absolute atomic E-state index is 13.4. The minimum atomic E-state index is -4.56. The van der Waals surface area contributed by atoms with Crippen LogP contribution in [0.2, 0.25) is 0 Å². The predicted molar refractivity (Wildman–Crippen MR) is 90.8 cm³/mol. The van der Waals surface area contributed by atoms with Crippen LogP contribution in [0.1, 0.15) is 36.5 Å². The summed E-state index contributed by atoms with van der Waals surface area (Å²) in [5.41, 5.74) is -0.138. The summed E-state index contributed by atoms with van der Waals surface area (Å²) in [4.78, 5) is 13.5. The number of alkyl halides is 3. The van der Waals surface area contributed by atoms with Gasteiger partial charge in [-0.3, -0.25) is 0 Å². The Bertz CT molecular complexity index is 676. The smallest absolute Gasteiger partial charge is 0.419 e. The second-order valence-corrected chi connectivity index (χ2v) is 6.18. The molecule has 0 amide bonds. The number of thiocarbonyl (C=S) groups is 1. The van der Waals surface area contributed by atoms with E-state index in [0.29, 0.717) is 31.4 Å². The Hall–Kier alpha value is -1.83. The van der Waals surface area contributed by atoms with Gasteiger partial charge < -0.3 is 14.4 Å². The molecule has 1 unspecified atom stereocenters. The highest BCUT2D eigenvalue weighted by Crippen LogP contribution is 2.40. The van der Waals surface area contributed by atoms with Gasteiger partial charge in [-0.15, -0.1) is 0 Å². The molecule has 4 nitrogen and oxygen atoms in total. The van der Waals surface area contributed by atoms with Gasteiger partial charge in [0.05, 0.1) is 19.8 Å². The van der Waals surface area contributed by atoms with E-state index >= 15 is 0 Å². The Morgan fingerprint density at radius 3 is 2.48 bits per heavy atom. The number of hydrogen-bond donors (Lipinski definition) is 0. The summed E-state index contributed by atoms with van der Waals surface area (Å²) in [6.07, 6.45) is -2.89. The number of ether oxygens (including phenoxy) is 2. The number of rotatable bonds is 5. The first-order valence-corrected chi connectivity index (χ1v) is 8.32. The summed E-state index contributed by atoms with van der Waals surface area (Å²) in [6.45, 7) is 2.38. The van der Waals surface area contributed by atoms with Crippen molar-refractivity contribution in [1.29, 1.82) is 0 Å². The molecular weight excluding hydrogens is 355 g/mol. The zero-order chi connectivity index (χ0) is 18.8. The molecule has 138 valence electrons. The van der Waals surface area contributed by atoms with Crippen LogP contribution in [0.4, 0.5) is 13.2 Å². The van der Waals surface area contributed by atoms with Gasteiger partial charge in [-0.1, -0.05) is 25.6 Å². The molecule has 0 spiro atoms. The SMILES string of the molecule is CCCc1cc(C(=S)N2CCC2C(=O)OC)cc(C(F)(F)F)c1OC. The summed E-state index contributed by atoms with van der Waals surface area (Å²) >= 11 is 5.35. The standard InChI is InChI=1S/C17H20F3NO3S/c1-4-5-10-8-11(9-12(14(10)23-2)17(18,19)20)15(25)21-7-6-13(21)16(22)24-3/h8-9,13H,4-7H2,1-3H3. The summed E-state index contributed by atoms with van der Waals surface area (Å²) in [7, 11) is 2.50. The van der Waals surface area contributed by atoms with Crippen molar-refractivity contribution >= 4 is 23.2 Å². The van der Waals surface area contributed by atoms with Gasteiger partial charge in [0.2, 0.25) is 0 Å². The highest BCUT2D eigenvalue weighted by atomic mass is 32.1. The lowest BCUT2D eigenvalue weighted by atomic mass is 9.97. The average molecular weight is 375 g/mol. The van der Waals surface area contributed by atoms with Crippen LogP contribution in [-0.2, 0) is 22.1 Å². The molecule has 2 rings (SSSR count). The summed E-state index contributed by atoms with van der Waals surface area (Å²) in [5, 5.41) is 0. The fourth-order valence-electron chi connectivity index (χ4n) is 2.90. The molecule has 8 heteroatoms. The number of carbonyl (C=O) groups is 1. The van der Waals surface area contributed by atoms with Gasteiger partial charge in [0.25, 0.3) is 0 Å². The summed E-state index contributed by atoms with van der Waals surface area (Å²) in [5.74, 6) is -0.610. The third-order valence-corrected chi connectivity index (χ3v) is 4.67. The molecule has 0 bridgehead atoms. The first-order valence-electron chi connectivity index (χ1n) is 7.91. The van der Waals surface area contributed by atoms with E-state index in [1.165, 1.54) is 14.2 Å². The quantitative estimate of drug-likeness (QED) is 0.581. The molecule has 1 saturated heterocycles. The van der Waals surface area contributed by atoms with E-state index in [2.05, 4.69) is 0 Å². The topological polar surface area (TPSA) is 38.8 Å². The lowest BCUT2D eigenvalue weighted by Gasteiger charge is -2.41. The summed E-state index contributed by atoms with van der Waals surface area (Å²) in [6, 6.07) is 2.07. The number of carbonyl (C=O) groups excluding carboxylic acids is 1. The molecule has 1 aromatic carbocycles. The lowest BCUT2D eigenvalue weighted by Crippen LogP contribution is -2.55. The molecule has 0 N–H and O–H groups in total. The van der Waals surface area contributed by atoms with Gasteiger partial charge in [-0.25, -0.2) is 4.79 Å². The van der Waals surface area contributed by atoms with Crippen LogP contribution in [0.3, 0.4) is 0 Å². The van der Waals surface area contributed by atoms with Gasteiger partial charge in [0.15, 0.2) is 0 Å². The largest absolute Gasteiger partial charge is 0.496 e. The molecule has 0 radical (unpaired) electrons. The highest BCUT2D eigenvalue weighted by Gasteiger charge is 2.39. The average Bonchev–Trinajstić information content (AvgIpc) is 2.52. The first-order chi connectivity index (χ1) is 11.7. The third kappa shape index (κ3) is 3.89. The van der Waals surface area contributed by atoms with Crippen LogP contribution in [0.5, 0.6) is 5.75 Å². The number of hydrogen-bond acceptors (Lipinski definition) is 4. The van der Waals surface area contributed by atoms with Crippen LogP contribution >= 0.6 is 12.2 Å². The van der Waals surface area contributed by atoms with E-state index in [4.69, 9.17) is 21.7 Å². The van der Waals surface area contributed by atoms with Crippen molar-refractivity contribution < 1.29 is 27.4 Å². The van der Waals surface area contributed by atoms with Crippen molar-refractivity contribution in [2.24, 2.45) is 0 Å². The second kappa shape index (κ2) is 7.59. The van der Waals surface area contributed by atoms with Crippen molar-refractivity contribution in [2.75, 3.05) is 20.8 Å². The molecule has 0 aromatic heterocycles. The predicted octanol–water partition coefficient (Wildman–Crippen LogP) is 3.59. The maximum atomic E-state index is 13.4. The van der Waals surface area contributed by atoms with Crippen molar-refractivity contribution in [1.82, 2.24) is 4.90 Å². The molecule has 0 aliphatic carbocycles. The van der Waals surface area contributed by atoms with Gasteiger partial charge in [0.1, 0.15) is 16.8 Å². The van der Waals surface area contributed by atoms with Crippen LogP contribution < -0.4 is 4.74 Å². The zero-order valence-electron chi connectivity index (χ0n) is 14.3. The number of halogens is 3. The fraction of sp³-hybridized carbons (Fsp3) is 0.529. The molecule has 1 atom stereocenters. The number of nitrogens with zero attached hydrogens (tertiary/aromatic N) is 1. The van der Waals surface area contributed by atoms with Crippen molar-refractivity contribution in [3.05, 3.63) is 28.8 Å². The van der Waals surface area contributed by atoms with Crippen LogP contribution in [0.25, 0.3) is 0 Å². The Labute approximate surface area is 149 Å². The lowest BCUT2D eigenvalue weighted by molar-refractivity contribution is -0.148. The van der Waals surface area contributed by atoms with Gasteiger partial charge in [-0.05, 0) is 30.5 Å². The molecule has 1 aliphatic heterocycles. The van der Waals surface area contributed by atoms with E-state index < -0.39 is 23.8 Å². The fourth-order valence-corrected chi connectivity index (χ4v) is 3.23. The highest BCUT2D eigenvalue weighted by molar-refractivity contribution is 7.80. The van der Waals surface area contributed by atoms with Crippen LogP contribution in [0, 0.1) is 0 Å². The molecule has 1 aromatic rings. The summed E-state index contributed by atoms with van der Waals surface area (Å²) < 4.78 is 50.1. The van der Waals surface area contributed by atoms with E-state index in [1.807, 2.05) is 6.92 Å². The number of likely N-dealkylation sites (tertiary alicyclic amines) is 1. The van der Waals surface area contributed by atoms with Crippen LogP contribution in [-0.4, -0.2) is 42.7 Å². The van der Waals surface area contributed by atoms with Gasteiger partial charge >= 0.3 is 12.1 Å². The second-order valence-electron chi connectivity index (χ2n) is 5.79. The third-order valence-electron chi connectivity index (χ3n) is 4.20. The van der Waals surface area contributed by atoms with E-state index in [1.54, 1.807) is 11.0 Å². The van der Waals surface area contributed by atoms with Crippen molar-refractivity contribution in [3.63, 3.8) is 0 Å². The van der Waals surface area contributed by atoms with Gasteiger partial charge in [-0.2, -0.15) is 13.2 Å². The Balaban J connectivity index is 2.45. The van der Waals surface area contributed by atoms with E-state index in [0.717, 1.165) is 6.07 Å². The monoisotopic (exact) mass is 375 g/mol. The number of aryl methyl sites for hydroxylation is 1. The Kier molecular flexibility index (Phi) is 5.92. The number of esters is 1. The first kappa shape index (κ1) is 19.5. The molecule has 1 fully saturated rings. The van der Waals surface area contributed by atoms with Crippen molar-refractivity contribution in [3.8, 4) is 5.75 Å². The minimum absolute atomic E-state index is 0.172. The molecule has 1 heterocycles.